The van der Waals surface area contributed by atoms with Crippen molar-refractivity contribution >= 4 is 11.9 Å². The van der Waals surface area contributed by atoms with E-state index in [-0.39, 0.29) is 57.6 Å². The minimum atomic E-state index is -1.46. The number of allylic oxidation sites excluding steroid dienone is 2. The molecule has 1 unspecified atom stereocenters. The zero-order chi connectivity index (χ0) is 42.8. The number of nitrogens with zero attached hydrogens (tertiary/aromatic N) is 1. The minimum absolute atomic E-state index is 0.0199. The number of carbonyl (C=O) groups excluding carboxylic acids is 2. The summed E-state index contributed by atoms with van der Waals surface area (Å²) in [5.41, 5.74) is -0.675. The Morgan fingerprint density at radius 1 is 0.881 bits per heavy atom. The first-order chi connectivity index (χ1) is 27.7. The van der Waals surface area contributed by atoms with Gasteiger partial charge < -0.3 is 24.4 Å². The van der Waals surface area contributed by atoms with Crippen molar-refractivity contribution in [2.24, 2.45) is 50.2 Å². The zero-order valence-electron chi connectivity index (χ0n) is 37.3. The first-order valence-corrected chi connectivity index (χ1v) is 23.1. The van der Waals surface area contributed by atoms with Crippen LogP contribution in [0.3, 0.4) is 0 Å². The topological polar surface area (TPSA) is 157 Å². The van der Waals surface area contributed by atoms with E-state index in [2.05, 4.69) is 66.4 Å². The number of aromatic amines is 1. The standard InChI is InChI=1S/C48H74N2O9/c1-9-10-11-12-13-14-15-37(52)59-35-19-21-45(6)33(44(35,4)5)18-22-47(8)34(45)17-16-30-31-28-43(2,3)23-25-48(31,26-24-46(30,47)7)41(55)57-29-32-38(53)39(54)40(58-32)50-27-20-36(51)49-42(50)56/h16,20,27,31-35,38-40,53-54H,9-15,17-19,21-26,28-29H2,1-8H3,(H,49,51,56)/t31-,32+,33?,34+,35-,38+,39+,40+,45-,46+,47+,48-/m0/s1. The van der Waals surface area contributed by atoms with E-state index in [0.29, 0.717) is 18.3 Å². The second-order valence-corrected chi connectivity index (χ2v) is 21.9. The predicted octanol–water partition coefficient (Wildman–Crippen LogP) is 8.16. The molecule has 1 aliphatic heterocycles. The van der Waals surface area contributed by atoms with Gasteiger partial charge in [0.15, 0.2) is 6.23 Å². The van der Waals surface area contributed by atoms with Crippen molar-refractivity contribution < 1.29 is 34.0 Å². The summed E-state index contributed by atoms with van der Waals surface area (Å²) in [6.07, 6.45) is 15.2. The molecule has 1 saturated heterocycles. The van der Waals surface area contributed by atoms with Crippen LogP contribution in [0.25, 0.3) is 0 Å². The van der Waals surface area contributed by atoms with Crippen molar-refractivity contribution in [2.75, 3.05) is 6.61 Å². The van der Waals surface area contributed by atoms with E-state index in [1.54, 1.807) is 0 Å². The van der Waals surface area contributed by atoms with E-state index in [9.17, 15) is 29.4 Å². The quantitative estimate of drug-likeness (QED) is 0.108. The van der Waals surface area contributed by atoms with Crippen LogP contribution in [0.2, 0.25) is 0 Å². The number of H-pyrrole nitrogens is 1. The molecule has 2 heterocycles. The maximum Gasteiger partial charge on any atom is 0.330 e. The normalized spacial score (nSPS) is 40.7. The predicted molar refractivity (Wildman–Crippen MR) is 225 cm³/mol. The molecule has 1 aromatic rings. The van der Waals surface area contributed by atoms with Crippen molar-refractivity contribution in [3.05, 3.63) is 44.8 Å². The molecule has 3 N–H and O–H groups in total. The lowest BCUT2D eigenvalue weighted by atomic mass is 9.33. The molecule has 0 aromatic carbocycles. The van der Waals surface area contributed by atoms with Crippen molar-refractivity contribution in [1.82, 2.24) is 9.55 Å². The van der Waals surface area contributed by atoms with Crippen molar-refractivity contribution in [3.8, 4) is 0 Å². The fourth-order valence-electron chi connectivity index (χ4n) is 14.1. The van der Waals surface area contributed by atoms with Gasteiger partial charge in [-0.1, -0.05) is 99.1 Å². The van der Waals surface area contributed by atoms with Crippen molar-refractivity contribution in [2.45, 2.75) is 195 Å². The summed E-state index contributed by atoms with van der Waals surface area (Å²) in [5, 5.41) is 21.8. The number of hydrogen-bond donors (Lipinski definition) is 3. The van der Waals surface area contributed by atoms with Crippen molar-refractivity contribution in [3.63, 3.8) is 0 Å². The molecule has 330 valence electrons. The Morgan fingerprint density at radius 2 is 1.59 bits per heavy atom. The Hall–Kier alpha value is -2.76. The Bertz CT molecular complexity index is 1880. The van der Waals surface area contributed by atoms with Crippen molar-refractivity contribution in [1.29, 1.82) is 0 Å². The molecule has 5 aliphatic carbocycles. The van der Waals surface area contributed by atoms with Gasteiger partial charge in [-0.25, -0.2) is 4.79 Å². The van der Waals surface area contributed by atoms with Crippen LogP contribution in [0.4, 0.5) is 0 Å². The molecule has 59 heavy (non-hydrogen) atoms. The SMILES string of the molecule is CCCCCCCCC(=O)O[C@H]1CC[C@@]2(C)C(CC[C@]3(C)[C@@H]2CC=C2[C@@H]4CC(C)(C)CC[C@]4(C(=O)OC[C@H]4O[C@@H](n5ccc(=O)[nH]c5=O)[C@H](O)[C@@H]4O)CC[C@]23C)C1(C)C. The summed E-state index contributed by atoms with van der Waals surface area (Å²) >= 11 is 0. The van der Waals surface area contributed by atoms with Crippen LogP contribution < -0.4 is 11.2 Å². The molecule has 1 aromatic heterocycles. The molecule has 5 fully saturated rings. The molecule has 11 heteroatoms. The lowest BCUT2D eigenvalue weighted by Gasteiger charge is -2.71. The summed E-state index contributed by atoms with van der Waals surface area (Å²) < 4.78 is 19.4. The van der Waals surface area contributed by atoms with Crippen LogP contribution in [0.5, 0.6) is 0 Å². The fourth-order valence-corrected chi connectivity index (χ4v) is 14.1. The molecule has 0 amide bonds. The van der Waals surface area contributed by atoms with E-state index in [1.807, 2.05) is 0 Å². The van der Waals surface area contributed by atoms with Gasteiger partial charge in [0.1, 0.15) is 31.0 Å². The Morgan fingerprint density at radius 3 is 2.32 bits per heavy atom. The molecule has 6 aliphatic rings. The number of aromatic nitrogens is 2. The second-order valence-electron chi connectivity index (χ2n) is 21.9. The molecule has 7 rings (SSSR count). The van der Waals surface area contributed by atoms with Crippen LogP contribution in [-0.4, -0.2) is 62.7 Å². The van der Waals surface area contributed by atoms with Gasteiger partial charge in [0.2, 0.25) is 0 Å². The summed E-state index contributed by atoms with van der Waals surface area (Å²) in [7, 11) is 0. The van der Waals surface area contributed by atoms with Gasteiger partial charge in [0.05, 0.1) is 5.41 Å². The van der Waals surface area contributed by atoms with Crippen LogP contribution in [0.15, 0.2) is 33.5 Å². The number of unbranched alkanes of at least 4 members (excludes halogenated alkanes) is 5. The number of fused-ring (bicyclic) bond motifs is 7. The van der Waals surface area contributed by atoms with Gasteiger partial charge in [-0.15, -0.1) is 0 Å². The largest absolute Gasteiger partial charge is 0.462 e. The van der Waals surface area contributed by atoms with Crippen LogP contribution >= 0.6 is 0 Å². The number of aliphatic hydroxyl groups is 2. The summed E-state index contributed by atoms with van der Waals surface area (Å²) in [6, 6.07) is 1.15. The number of ether oxygens (including phenoxy) is 3. The maximum atomic E-state index is 14.6. The number of nitrogens with one attached hydrogen (secondary N) is 1. The number of esters is 2. The fraction of sp³-hybridized carbons (Fsp3) is 0.833. The average molecular weight is 823 g/mol. The Kier molecular flexibility index (Phi) is 12.1. The lowest BCUT2D eigenvalue weighted by Crippen LogP contribution is -2.65. The lowest BCUT2D eigenvalue weighted by molar-refractivity contribution is -0.214. The highest BCUT2D eigenvalue weighted by Gasteiger charge is 2.69. The Labute approximate surface area is 351 Å². The van der Waals surface area contributed by atoms with Gasteiger partial charge in [0, 0.05) is 24.1 Å². The van der Waals surface area contributed by atoms with E-state index in [4.69, 9.17) is 14.2 Å². The summed E-state index contributed by atoms with van der Waals surface area (Å²) in [4.78, 5) is 54.0. The first-order valence-electron chi connectivity index (χ1n) is 23.1. The number of hydrogen-bond acceptors (Lipinski definition) is 9. The maximum absolute atomic E-state index is 14.6. The zero-order valence-corrected chi connectivity index (χ0v) is 37.3. The molecule has 12 atom stereocenters. The third-order valence-electron chi connectivity index (χ3n) is 17.8. The smallest absolute Gasteiger partial charge is 0.330 e. The molecular formula is C48H74N2O9. The molecule has 0 bridgehead atoms. The van der Waals surface area contributed by atoms with Crippen LogP contribution in [-0.2, 0) is 23.8 Å². The summed E-state index contributed by atoms with van der Waals surface area (Å²) in [5.74, 6) is 0.619. The van der Waals surface area contributed by atoms with E-state index >= 15 is 0 Å². The van der Waals surface area contributed by atoms with Crippen LogP contribution in [0.1, 0.15) is 171 Å². The number of rotatable bonds is 12. The molecule has 4 saturated carbocycles. The average Bonchev–Trinajstić information content (AvgIpc) is 3.45. The van der Waals surface area contributed by atoms with Gasteiger partial charge in [0.25, 0.3) is 5.56 Å². The monoisotopic (exact) mass is 823 g/mol. The molecule has 0 radical (unpaired) electrons. The second kappa shape index (κ2) is 16.2. The van der Waals surface area contributed by atoms with Gasteiger partial charge in [-0.3, -0.25) is 23.9 Å². The van der Waals surface area contributed by atoms with Gasteiger partial charge in [-0.05, 0) is 110 Å². The van der Waals surface area contributed by atoms with Gasteiger partial charge in [-0.2, -0.15) is 0 Å². The molecule has 0 spiro atoms. The van der Waals surface area contributed by atoms with Crippen LogP contribution in [0, 0.1) is 50.2 Å². The highest BCUT2D eigenvalue weighted by Crippen LogP contribution is 2.76. The van der Waals surface area contributed by atoms with E-state index in [0.717, 1.165) is 87.7 Å². The molecular weight excluding hydrogens is 749 g/mol. The highest BCUT2D eigenvalue weighted by molar-refractivity contribution is 5.79. The number of aliphatic hydroxyl groups excluding tert-OH is 2. The third kappa shape index (κ3) is 7.53. The van der Waals surface area contributed by atoms with E-state index in [1.165, 1.54) is 37.5 Å². The highest BCUT2D eigenvalue weighted by atomic mass is 16.6. The first kappa shape index (κ1) is 44.3. The van der Waals surface area contributed by atoms with Gasteiger partial charge >= 0.3 is 17.6 Å². The molecule has 11 nitrogen and oxygen atoms in total. The van der Waals surface area contributed by atoms with E-state index < -0.39 is 41.2 Å². The summed E-state index contributed by atoms with van der Waals surface area (Å²) in [6.45, 7) is 18.9. The minimum Gasteiger partial charge on any atom is -0.462 e. The third-order valence-corrected chi connectivity index (χ3v) is 17.8. The number of carbonyl (C=O) groups is 2. The Balaban J connectivity index is 1.08.